The van der Waals surface area contributed by atoms with E-state index in [1.165, 1.54) is 5.69 Å². The molecule has 23 heavy (non-hydrogen) atoms. The number of hydrogen-bond donors (Lipinski definition) is 1. The van der Waals surface area contributed by atoms with Gasteiger partial charge < -0.3 is 19.9 Å². The molecule has 0 radical (unpaired) electrons. The maximum absolute atomic E-state index is 12.3. The fourth-order valence-electron chi connectivity index (χ4n) is 3.10. The molecule has 5 nitrogen and oxygen atoms in total. The lowest BCUT2D eigenvalue weighted by atomic mass is 10.1. The lowest BCUT2D eigenvalue weighted by molar-refractivity contribution is -0.139. The van der Waals surface area contributed by atoms with E-state index in [4.69, 9.17) is 4.74 Å². The summed E-state index contributed by atoms with van der Waals surface area (Å²) in [5, 5.41) is 3.31. The topological polar surface area (TPSA) is 44.8 Å². The normalized spacial score (nSPS) is 19.3. The van der Waals surface area contributed by atoms with Crippen LogP contribution in [0.5, 0.6) is 0 Å². The van der Waals surface area contributed by atoms with Gasteiger partial charge in [-0.2, -0.15) is 0 Å². The van der Waals surface area contributed by atoms with Gasteiger partial charge in [0.1, 0.15) is 6.61 Å². The molecule has 6 heteroatoms. The van der Waals surface area contributed by atoms with Gasteiger partial charge in [0.2, 0.25) is 5.91 Å². The van der Waals surface area contributed by atoms with Crippen molar-refractivity contribution in [1.82, 2.24) is 10.2 Å². The molecule has 0 aliphatic carbocycles. The molecule has 2 heterocycles. The molecule has 1 amide bonds. The van der Waals surface area contributed by atoms with Crippen molar-refractivity contribution < 1.29 is 9.53 Å². The van der Waals surface area contributed by atoms with Crippen LogP contribution < -0.4 is 10.2 Å². The number of ether oxygens (including phenoxy) is 1. The zero-order valence-corrected chi connectivity index (χ0v) is 14.3. The van der Waals surface area contributed by atoms with Crippen LogP contribution in [0.1, 0.15) is 12.8 Å². The molecular formula is C17H26ClN3O2. The van der Waals surface area contributed by atoms with E-state index in [2.05, 4.69) is 34.5 Å². The summed E-state index contributed by atoms with van der Waals surface area (Å²) in [5.41, 5.74) is 1.24. The Kier molecular flexibility index (Phi) is 7.15. The van der Waals surface area contributed by atoms with E-state index in [1.54, 1.807) is 0 Å². The summed E-state index contributed by atoms with van der Waals surface area (Å²) in [6, 6.07) is 10.4. The van der Waals surface area contributed by atoms with E-state index in [9.17, 15) is 4.79 Å². The van der Waals surface area contributed by atoms with E-state index in [1.807, 2.05) is 11.0 Å². The first-order valence-corrected chi connectivity index (χ1v) is 8.23. The van der Waals surface area contributed by atoms with Crippen LogP contribution in [0, 0.1) is 0 Å². The first-order chi connectivity index (χ1) is 10.8. The Morgan fingerprint density at radius 1 is 1.09 bits per heavy atom. The zero-order chi connectivity index (χ0) is 15.2. The minimum atomic E-state index is 0. The Bertz CT molecular complexity index is 472. The van der Waals surface area contributed by atoms with Gasteiger partial charge in [-0.3, -0.25) is 4.79 Å². The van der Waals surface area contributed by atoms with E-state index < -0.39 is 0 Å². The molecule has 1 aromatic rings. The number of carbonyl (C=O) groups excluding carboxylic acids is 1. The summed E-state index contributed by atoms with van der Waals surface area (Å²) in [4.78, 5) is 16.5. The number of anilines is 1. The Morgan fingerprint density at radius 2 is 1.74 bits per heavy atom. The lowest BCUT2D eigenvalue weighted by Gasteiger charge is -2.36. The van der Waals surface area contributed by atoms with Crippen molar-refractivity contribution in [2.75, 3.05) is 50.8 Å². The van der Waals surface area contributed by atoms with Gasteiger partial charge in [-0.25, -0.2) is 0 Å². The number of piperazine rings is 1. The van der Waals surface area contributed by atoms with Crippen LogP contribution in [0.2, 0.25) is 0 Å². The van der Waals surface area contributed by atoms with Gasteiger partial charge in [-0.15, -0.1) is 12.4 Å². The van der Waals surface area contributed by atoms with Crippen LogP contribution in [-0.4, -0.2) is 62.8 Å². The van der Waals surface area contributed by atoms with Gasteiger partial charge in [-0.05, 0) is 38.1 Å². The third-order valence-corrected chi connectivity index (χ3v) is 4.48. The largest absolute Gasteiger partial charge is 0.368 e. The van der Waals surface area contributed by atoms with E-state index in [-0.39, 0.29) is 31.0 Å². The summed E-state index contributed by atoms with van der Waals surface area (Å²) >= 11 is 0. The number of nitrogens with one attached hydrogen (secondary N) is 1. The lowest BCUT2D eigenvalue weighted by Crippen LogP contribution is -2.50. The number of halogens is 1. The molecule has 2 saturated heterocycles. The van der Waals surface area contributed by atoms with E-state index >= 15 is 0 Å². The minimum absolute atomic E-state index is 0. The molecule has 128 valence electrons. The van der Waals surface area contributed by atoms with Gasteiger partial charge in [0.25, 0.3) is 0 Å². The highest BCUT2D eigenvalue weighted by Gasteiger charge is 2.22. The van der Waals surface area contributed by atoms with Crippen molar-refractivity contribution >= 4 is 24.0 Å². The van der Waals surface area contributed by atoms with Crippen molar-refractivity contribution in [3.63, 3.8) is 0 Å². The number of benzene rings is 1. The van der Waals surface area contributed by atoms with Gasteiger partial charge in [0.05, 0.1) is 6.10 Å². The van der Waals surface area contributed by atoms with Crippen molar-refractivity contribution in [3.05, 3.63) is 30.3 Å². The molecule has 3 rings (SSSR count). The highest BCUT2D eigenvalue weighted by atomic mass is 35.5. The Morgan fingerprint density at radius 3 is 2.39 bits per heavy atom. The summed E-state index contributed by atoms with van der Waals surface area (Å²) in [6.07, 6.45) is 2.26. The van der Waals surface area contributed by atoms with Crippen LogP contribution in [0.15, 0.2) is 30.3 Å². The molecule has 2 aliphatic rings. The summed E-state index contributed by atoms with van der Waals surface area (Å²) in [7, 11) is 0. The second-order valence-electron chi connectivity index (χ2n) is 5.96. The molecule has 0 unspecified atom stereocenters. The van der Waals surface area contributed by atoms with Gasteiger partial charge in [0.15, 0.2) is 0 Å². The van der Waals surface area contributed by atoms with Crippen molar-refractivity contribution in [2.24, 2.45) is 0 Å². The number of rotatable bonds is 4. The number of hydrogen-bond acceptors (Lipinski definition) is 4. The average molecular weight is 340 g/mol. The number of para-hydroxylation sites is 1. The fraction of sp³-hybridized carbons (Fsp3) is 0.588. The molecule has 0 saturated carbocycles. The van der Waals surface area contributed by atoms with Gasteiger partial charge in [-0.1, -0.05) is 18.2 Å². The predicted molar refractivity (Wildman–Crippen MR) is 94.3 cm³/mol. The Hall–Kier alpha value is -1.30. The summed E-state index contributed by atoms with van der Waals surface area (Å²) in [6.45, 7) is 5.57. The Labute approximate surface area is 144 Å². The van der Waals surface area contributed by atoms with Crippen LogP contribution in [0.25, 0.3) is 0 Å². The smallest absolute Gasteiger partial charge is 0.248 e. The highest BCUT2D eigenvalue weighted by molar-refractivity contribution is 5.85. The number of carbonyl (C=O) groups is 1. The van der Waals surface area contributed by atoms with Gasteiger partial charge in [0, 0.05) is 31.9 Å². The molecule has 0 atom stereocenters. The maximum Gasteiger partial charge on any atom is 0.248 e. The third-order valence-electron chi connectivity index (χ3n) is 4.48. The molecule has 0 aromatic heterocycles. The second-order valence-corrected chi connectivity index (χ2v) is 5.96. The van der Waals surface area contributed by atoms with E-state index in [0.717, 1.165) is 52.1 Å². The molecule has 1 aromatic carbocycles. The van der Waals surface area contributed by atoms with E-state index in [0.29, 0.717) is 0 Å². The van der Waals surface area contributed by atoms with Crippen LogP contribution >= 0.6 is 12.4 Å². The number of nitrogens with zero attached hydrogens (tertiary/aromatic N) is 2. The standard InChI is InChI=1S/C17H25N3O2.ClH/c21-17(14-22-16-6-8-18-9-7-16)20-12-10-19(11-13-20)15-4-2-1-3-5-15;/h1-5,16,18H,6-14H2;1H. The quantitative estimate of drug-likeness (QED) is 0.903. The van der Waals surface area contributed by atoms with Crippen LogP contribution in [-0.2, 0) is 9.53 Å². The maximum atomic E-state index is 12.3. The molecule has 1 N–H and O–H groups in total. The Balaban J connectivity index is 0.00000192. The van der Waals surface area contributed by atoms with Crippen molar-refractivity contribution in [2.45, 2.75) is 18.9 Å². The SMILES string of the molecule is Cl.O=C(COC1CCNCC1)N1CCN(c2ccccc2)CC1. The fourth-order valence-corrected chi connectivity index (χ4v) is 3.10. The van der Waals surface area contributed by atoms with Crippen molar-refractivity contribution in [3.8, 4) is 0 Å². The average Bonchev–Trinajstić information content (AvgIpc) is 2.61. The van der Waals surface area contributed by atoms with Crippen LogP contribution in [0.4, 0.5) is 5.69 Å². The molecule has 2 aliphatic heterocycles. The molecule has 2 fully saturated rings. The highest BCUT2D eigenvalue weighted by Crippen LogP contribution is 2.16. The predicted octanol–water partition coefficient (Wildman–Crippen LogP) is 1.53. The molecular weight excluding hydrogens is 314 g/mol. The van der Waals surface area contributed by atoms with Crippen LogP contribution in [0.3, 0.4) is 0 Å². The molecule has 0 bridgehead atoms. The first-order valence-electron chi connectivity index (χ1n) is 8.23. The molecule has 0 spiro atoms. The second kappa shape index (κ2) is 9.11. The first kappa shape index (κ1) is 18.0. The van der Waals surface area contributed by atoms with Gasteiger partial charge >= 0.3 is 0 Å². The number of amides is 1. The zero-order valence-electron chi connectivity index (χ0n) is 13.4. The summed E-state index contributed by atoms with van der Waals surface area (Å²) < 4.78 is 5.76. The summed E-state index contributed by atoms with van der Waals surface area (Å²) in [5.74, 6) is 0.131. The third kappa shape index (κ3) is 5.09. The minimum Gasteiger partial charge on any atom is -0.368 e. The van der Waals surface area contributed by atoms with Crippen molar-refractivity contribution in [1.29, 1.82) is 0 Å². The number of piperidine rings is 1. The monoisotopic (exact) mass is 339 g/mol.